The Morgan fingerprint density at radius 2 is 2.14 bits per heavy atom. The third kappa shape index (κ3) is 3.77. The van der Waals surface area contributed by atoms with E-state index in [-0.39, 0.29) is 0 Å². The molecular weight excluding hydrogens is 266 g/mol. The molecular formula is C16H19N3O2. The SMILES string of the molecule is O[C@H](COc1ccccc1)CN1CCc2cncnc2C1. The van der Waals surface area contributed by atoms with Gasteiger partial charge in [-0.1, -0.05) is 18.2 Å². The van der Waals surface area contributed by atoms with E-state index in [4.69, 9.17) is 4.74 Å². The molecule has 5 nitrogen and oxygen atoms in total. The van der Waals surface area contributed by atoms with Gasteiger partial charge in [-0.15, -0.1) is 0 Å². The van der Waals surface area contributed by atoms with Crippen LogP contribution in [0.3, 0.4) is 0 Å². The van der Waals surface area contributed by atoms with Gasteiger partial charge in [-0.25, -0.2) is 9.97 Å². The molecule has 0 saturated carbocycles. The monoisotopic (exact) mass is 285 g/mol. The van der Waals surface area contributed by atoms with E-state index in [9.17, 15) is 5.11 Å². The Labute approximate surface area is 124 Å². The molecule has 1 aromatic carbocycles. The molecule has 0 radical (unpaired) electrons. The van der Waals surface area contributed by atoms with Gasteiger partial charge in [0.15, 0.2) is 0 Å². The van der Waals surface area contributed by atoms with Crippen molar-refractivity contribution in [3.63, 3.8) is 0 Å². The van der Waals surface area contributed by atoms with Crippen LogP contribution in [0.4, 0.5) is 0 Å². The second-order valence-electron chi connectivity index (χ2n) is 5.26. The van der Waals surface area contributed by atoms with Crippen LogP contribution in [0.15, 0.2) is 42.9 Å². The highest BCUT2D eigenvalue weighted by atomic mass is 16.5. The highest BCUT2D eigenvalue weighted by molar-refractivity contribution is 5.21. The lowest BCUT2D eigenvalue weighted by atomic mass is 10.1. The van der Waals surface area contributed by atoms with E-state index in [1.807, 2.05) is 36.5 Å². The van der Waals surface area contributed by atoms with Gasteiger partial charge in [0, 0.05) is 25.8 Å². The smallest absolute Gasteiger partial charge is 0.119 e. The summed E-state index contributed by atoms with van der Waals surface area (Å²) < 4.78 is 5.58. The van der Waals surface area contributed by atoms with Gasteiger partial charge in [0.05, 0.1) is 5.69 Å². The number of nitrogens with zero attached hydrogens (tertiary/aromatic N) is 3. The summed E-state index contributed by atoms with van der Waals surface area (Å²) in [5.74, 6) is 0.785. The van der Waals surface area contributed by atoms with Crippen LogP contribution in [0.25, 0.3) is 0 Å². The predicted octanol–water partition coefficient (Wildman–Crippen LogP) is 1.27. The maximum absolute atomic E-state index is 10.1. The van der Waals surface area contributed by atoms with E-state index in [0.717, 1.165) is 31.0 Å². The van der Waals surface area contributed by atoms with Crippen molar-refractivity contribution in [3.8, 4) is 5.75 Å². The number of β-amino-alcohol motifs (C(OH)–C–C–N with tert-alkyl or cyclic N) is 1. The van der Waals surface area contributed by atoms with Crippen LogP contribution in [-0.2, 0) is 13.0 Å². The minimum Gasteiger partial charge on any atom is -0.491 e. The van der Waals surface area contributed by atoms with Gasteiger partial charge in [-0.3, -0.25) is 4.90 Å². The number of fused-ring (bicyclic) bond motifs is 1. The molecule has 0 saturated heterocycles. The number of rotatable bonds is 5. The average molecular weight is 285 g/mol. The van der Waals surface area contributed by atoms with Crippen LogP contribution in [0, 0.1) is 0 Å². The van der Waals surface area contributed by atoms with Gasteiger partial charge in [0.2, 0.25) is 0 Å². The van der Waals surface area contributed by atoms with E-state index in [2.05, 4.69) is 14.9 Å². The summed E-state index contributed by atoms with van der Waals surface area (Å²) in [5, 5.41) is 10.1. The maximum atomic E-state index is 10.1. The van der Waals surface area contributed by atoms with Crippen molar-refractivity contribution >= 4 is 0 Å². The van der Waals surface area contributed by atoms with E-state index >= 15 is 0 Å². The first-order valence-electron chi connectivity index (χ1n) is 7.17. The van der Waals surface area contributed by atoms with Crippen LogP contribution < -0.4 is 4.74 Å². The Kier molecular flexibility index (Phi) is 4.43. The largest absolute Gasteiger partial charge is 0.491 e. The van der Waals surface area contributed by atoms with Crippen LogP contribution >= 0.6 is 0 Å². The first-order chi connectivity index (χ1) is 10.3. The first kappa shape index (κ1) is 14.0. The van der Waals surface area contributed by atoms with Crippen molar-refractivity contribution in [2.24, 2.45) is 0 Å². The van der Waals surface area contributed by atoms with E-state index in [0.29, 0.717) is 13.2 Å². The number of aromatic nitrogens is 2. The maximum Gasteiger partial charge on any atom is 0.119 e. The van der Waals surface area contributed by atoms with Crippen molar-refractivity contribution in [2.75, 3.05) is 19.7 Å². The van der Waals surface area contributed by atoms with Gasteiger partial charge >= 0.3 is 0 Å². The van der Waals surface area contributed by atoms with Gasteiger partial charge in [-0.05, 0) is 24.1 Å². The molecule has 0 unspecified atom stereocenters. The zero-order valence-corrected chi connectivity index (χ0v) is 11.9. The average Bonchev–Trinajstić information content (AvgIpc) is 2.54. The van der Waals surface area contributed by atoms with E-state index < -0.39 is 6.10 Å². The molecule has 0 fully saturated rings. The summed E-state index contributed by atoms with van der Waals surface area (Å²) in [6.07, 6.45) is 3.89. The van der Waals surface area contributed by atoms with Crippen LogP contribution in [0.1, 0.15) is 11.3 Å². The van der Waals surface area contributed by atoms with E-state index in [1.165, 1.54) is 5.56 Å². The molecule has 1 aliphatic rings. The fourth-order valence-corrected chi connectivity index (χ4v) is 2.52. The van der Waals surface area contributed by atoms with Crippen LogP contribution in [0.2, 0.25) is 0 Å². The Bertz CT molecular complexity index is 577. The summed E-state index contributed by atoms with van der Waals surface area (Å²) in [7, 11) is 0. The molecule has 0 aliphatic carbocycles. The van der Waals surface area contributed by atoms with Gasteiger partial charge in [0.25, 0.3) is 0 Å². The second-order valence-corrected chi connectivity index (χ2v) is 5.26. The minimum atomic E-state index is -0.506. The number of hydrogen-bond donors (Lipinski definition) is 1. The van der Waals surface area contributed by atoms with Crippen LogP contribution in [-0.4, -0.2) is 45.8 Å². The first-order valence-corrected chi connectivity index (χ1v) is 7.17. The second kappa shape index (κ2) is 6.65. The third-order valence-electron chi connectivity index (χ3n) is 3.61. The number of para-hydroxylation sites is 1. The molecule has 3 rings (SSSR count). The minimum absolute atomic E-state index is 0.303. The van der Waals surface area contributed by atoms with Crippen LogP contribution in [0.5, 0.6) is 5.75 Å². The van der Waals surface area contributed by atoms with Crippen molar-refractivity contribution in [1.29, 1.82) is 0 Å². The molecule has 1 aromatic heterocycles. The molecule has 1 N–H and O–H groups in total. The lowest BCUT2D eigenvalue weighted by Gasteiger charge is -2.29. The molecule has 1 aliphatic heterocycles. The zero-order valence-electron chi connectivity index (χ0n) is 11.9. The summed E-state index contributed by atoms with van der Waals surface area (Å²) in [5.41, 5.74) is 2.27. The molecule has 1 atom stereocenters. The quantitative estimate of drug-likeness (QED) is 0.896. The fourth-order valence-electron chi connectivity index (χ4n) is 2.52. The summed E-state index contributed by atoms with van der Waals surface area (Å²) in [6.45, 7) is 2.58. The number of aliphatic hydroxyl groups is 1. The van der Waals surface area contributed by atoms with Gasteiger partial charge in [-0.2, -0.15) is 0 Å². The lowest BCUT2D eigenvalue weighted by molar-refractivity contribution is 0.0632. The standard InChI is InChI=1S/C16H19N3O2/c20-14(11-21-15-4-2-1-3-5-15)9-19-7-6-13-8-17-12-18-16(13)10-19/h1-5,8,12,14,20H,6-7,9-11H2/t14-/m0/s1. The normalized spacial score (nSPS) is 16.2. The number of ether oxygens (including phenoxy) is 1. The zero-order chi connectivity index (χ0) is 14.5. The Hall–Kier alpha value is -1.98. The molecule has 2 aromatic rings. The number of aliphatic hydroxyl groups excluding tert-OH is 1. The highest BCUT2D eigenvalue weighted by Gasteiger charge is 2.19. The Balaban J connectivity index is 1.49. The molecule has 110 valence electrons. The topological polar surface area (TPSA) is 58.5 Å². The summed E-state index contributed by atoms with van der Waals surface area (Å²) in [4.78, 5) is 10.6. The number of hydrogen-bond acceptors (Lipinski definition) is 5. The number of benzene rings is 1. The van der Waals surface area contributed by atoms with E-state index in [1.54, 1.807) is 6.33 Å². The van der Waals surface area contributed by atoms with Gasteiger partial charge < -0.3 is 9.84 Å². The Morgan fingerprint density at radius 3 is 3.00 bits per heavy atom. The summed E-state index contributed by atoms with van der Waals surface area (Å²) in [6, 6.07) is 9.56. The van der Waals surface area contributed by atoms with Crippen molar-refractivity contribution in [2.45, 2.75) is 19.1 Å². The highest BCUT2D eigenvalue weighted by Crippen LogP contribution is 2.15. The lowest BCUT2D eigenvalue weighted by Crippen LogP contribution is -2.39. The predicted molar refractivity (Wildman–Crippen MR) is 79.0 cm³/mol. The summed E-state index contributed by atoms with van der Waals surface area (Å²) >= 11 is 0. The molecule has 0 bridgehead atoms. The fraction of sp³-hybridized carbons (Fsp3) is 0.375. The molecule has 0 spiro atoms. The van der Waals surface area contributed by atoms with Crippen molar-refractivity contribution in [1.82, 2.24) is 14.9 Å². The molecule has 21 heavy (non-hydrogen) atoms. The Morgan fingerprint density at radius 1 is 1.29 bits per heavy atom. The third-order valence-corrected chi connectivity index (χ3v) is 3.61. The van der Waals surface area contributed by atoms with Gasteiger partial charge in [0.1, 0.15) is 24.8 Å². The molecule has 0 amide bonds. The molecule has 2 heterocycles. The van der Waals surface area contributed by atoms with Crippen molar-refractivity contribution in [3.05, 3.63) is 54.1 Å². The molecule has 5 heteroatoms. The van der Waals surface area contributed by atoms with Crippen molar-refractivity contribution < 1.29 is 9.84 Å².